The lowest BCUT2D eigenvalue weighted by Gasteiger charge is -2.14. The third-order valence-electron chi connectivity index (χ3n) is 2.65. The minimum atomic E-state index is -3.67. The average Bonchev–Trinajstić information content (AvgIpc) is 2.39. The Kier molecular flexibility index (Phi) is 3.99. The minimum Gasteiger partial charge on any atom is -0.508 e. The van der Waals surface area contributed by atoms with E-state index >= 15 is 0 Å². The van der Waals surface area contributed by atoms with E-state index in [0.717, 1.165) is 0 Å². The average molecular weight is 292 g/mol. The molecule has 106 valence electrons. The Labute approximate surface area is 118 Å². The molecule has 2 rings (SSSR count). The second kappa shape index (κ2) is 5.54. The van der Waals surface area contributed by atoms with Gasteiger partial charge in [0.05, 0.1) is 11.0 Å². The van der Waals surface area contributed by atoms with Crippen LogP contribution < -0.4 is 4.74 Å². The van der Waals surface area contributed by atoms with Crippen LogP contribution in [0.2, 0.25) is 0 Å². The summed E-state index contributed by atoms with van der Waals surface area (Å²) < 4.78 is 30.7. The molecule has 0 unspecified atom stereocenters. The van der Waals surface area contributed by atoms with Gasteiger partial charge in [0, 0.05) is 0 Å². The first kappa shape index (κ1) is 14.4. The standard InChI is InChI=1S/C15H16O4S/c1-11(2)19-14-5-3-4-6-15(14)20(17,18)13-9-7-12(16)8-10-13/h3-11,16H,1-2H3. The van der Waals surface area contributed by atoms with Crippen molar-refractivity contribution in [3.63, 3.8) is 0 Å². The van der Waals surface area contributed by atoms with Gasteiger partial charge < -0.3 is 9.84 Å². The van der Waals surface area contributed by atoms with Crippen molar-refractivity contribution in [1.82, 2.24) is 0 Å². The molecule has 0 aliphatic carbocycles. The van der Waals surface area contributed by atoms with Crippen molar-refractivity contribution in [3.05, 3.63) is 48.5 Å². The molecule has 0 saturated heterocycles. The molecule has 20 heavy (non-hydrogen) atoms. The van der Waals surface area contributed by atoms with E-state index in [0.29, 0.717) is 5.75 Å². The maximum absolute atomic E-state index is 12.6. The van der Waals surface area contributed by atoms with Gasteiger partial charge in [-0.3, -0.25) is 0 Å². The zero-order valence-corrected chi connectivity index (χ0v) is 12.1. The van der Waals surface area contributed by atoms with Crippen molar-refractivity contribution in [3.8, 4) is 11.5 Å². The molecule has 0 aliphatic heterocycles. The van der Waals surface area contributed by atoms with Crippen molar-refractivity contribution in [2.75, 3.05) is 0 Å². The quantitative estimate of drug-likeness (QED) is 0.941. The molecule has 2 aromatic carbocycles. The van der Waals surface area contributed by atoms with Gasteiger partial charge in [0.2, 0.25) is 9.84 Å². The smallest absolute Gasteiger partial charge is 0.210 e. The van der Waals surface area contributed by atoms with Crippen LogP contribution in [0, 0.1) is 0 Å². The number of hydrogen-bond acceptors (Lipinski definition) is 4. The summed E-state index contributed by atoms with van der Waals surface area (Å²) in [5.74, 6) is 0.353. The van der Waals surface area contributed by atoms with Gasteiger partial charge in [-0.1, -0.05) is 12.1 Å². The maximum atomic E-state index is 12.6. The Morgan fingerprint density at radius 1 is 1.00 bits per heavy atom. The largest absolute Gasteiger partial charge is 0.508 e. The molecule has 0 bridgehead atoms. The van der Waals surface area contributed by atoms with E-state index in [1.165, 1.54) is 30.3 Å². The van der Waals surface area contributed by atoms with Gasteiger partial charge in [-0.2, -0.15) is 0 Å². The predicted molar refractivity (Wildman–Crippen MR) is 75.8 cm³/mol. The molecule has 0 fully saturated rings. The number of sulfone groups is 1. The van der Waals surface area contributed by atoms with Gasteiger partial charge >= 0.3 is 0 Å². The number of benzene rings is 2. The first-order valence-corrected chi connectivity index (χ1v) is 7.69. The number of phenols is 1. The molecule has 5 heteroatoms. The summed E-state index contributed by atoms with van der Waals surface area (Å²) in [7, 11) is -3.67. The summed E-state index contributed by atoms with van der Waals surface area (Å²) in [6, 6.07) is 12.0. The number of rotatable bonds is 4. The number of phenolic OH excluding ortho intramolecular Hbond substituents is 1. The molecule has 4 nitrogen and oxygen atoms in total. The van der Waals surface area contributed by atoms with Crippen LogP contribution in [-0.4, -0.2) is 19.6 Å². The van der Waals surface area contributed by atoms with Crippen molar-refractivity contribution in [1.29, 1.82) is 0 Å². The SMILES string of the molecule is CC(C)Oc1ccccc1S(=O)(=O)c1ccc(O)cc1. The molecule has 2 aromatic rings. The van der Waals surface area contributed by atoms with Gasteiger partial charge in [0.1, 0.15) is 16.4 Å². The molecule has 0 amide bonds. The summed E-state index contributed by atoms with van der Waals surface area (Å²) in [4.78, 5) is 0.245. The second-order valence-electron chi connectivity index (χ2n) is 4.61. The van der Waals surface area contributed by atoms with Gasteiger partial charge in [0.15, 0.2) is 0 Å². The highest BCUT2D eigenvalue weighted by atomic mass is 32.2. The van der Waals surface area contributed by atoms with Gasteiger partial charge in [0.25, 0.3) is 0 Å². The van der Waals surface area contributed by atoms with E-state index in [1.54, 1.807) is 18.2 Å². The fourth-order valence-corrected chi connectivity index (χ4v) is 3.16. The van der Waals surface area contributed by atoms with Crippen molar-refractivity contribution < 1.29 is 18.3 Å². The lowest BCUT2D eigenvalue weighted by atomic mass is 10.3. The zero-order chi connectivity index (χ0) is 14.8. The lowest BCUT2D eigenvalue weighted by molar-refractivity contribution is 0.236. The number of hydrogen-bond donors (Lipinski definition) is 1. The summed E-state index contributed by atoms with van der Waals surface area (Å²) in [6.45, 7) is 3.67. The molecule has 0 aliphatic rings. The van der Waals surface area contributed by atoms with E-state index in [9.17, 15) is 13.5 Å². The normalized spacial score (nSPS) is 11.6. The van der Waals surface area contributed by atoms with Crippen LogP contribution in [0.15, 0.2) is 58.3 Å². The summed E-state index contributed by atoms with van der Waals surface area (Å²) in [6.07, 6.45) is -0.119. The number of aromatic hydroxyl groups is 1. The molecule has 0 spiro atoms. The van der Waals surface area contributed by atoms with Crippen molar-refractivity contribution >= 4 is 9.84 Å². The molecule has 0 radical (unpaired) electrons. The first-order chi connectivity index (χ1) is 9.41. The van der Waals surface area contributed by atoms with E-state index in [1.807, 2.05) is 13.8 Å². The Balaban J connectivity index is 2.52. The Hall–Kier alpha value is -2.01. The topological polar surface area (TPSA) is 63.6 Å². The predicted octanol–water partition coefficient (Wildman–Crippen LogP) is 3.01. The molecule has 1 N–H and O–H groups in total. The lowest BCUT2D eigenvalue weighted by Crippen LogP contribution is -2.10. The minimum absolute atomic E-state index is 0.0238. The fourth-order valence-electron chi connectivity index (χ4n) is 1.78. The second-order valence-corrected chi connectivity index (χ2v) is 6.53. The highest BCUT2D eigenvalue weighted by Gasteiger charge is 2.22. The van der Waals surface area contributed by atoms with Crippen LogP contribution in [0.4, 0.5) is 0 Å². The number of para-hydroxylation sites is 1. The van der Waals surface area contributed by atoms with Gasteiger partial charge in [-0.25, -0.2) is 8.42 Å². The fraction of sp³-hybridized carbons (Fsp3) is 0.200. The third-order valence-corrected chi connectivity index (χ3v) is 4.46. The highest BCUT2D eigenvalue weighted by Crippen LogP contribution is 2.30. The first-order valence-electron chi connectivity index (χ1n) is 6.21. The molecular formula is C15H16O4S. The monoisotopic (exact) mass is 292 g/mol. The van der Waals surface area contributed by atoms with Gasteiger partial charge in [-0.05, 0) is 50.2 Å². The summed E-state index contributed by atoms with van der Waals surface area (Å²) in [5, 5.41) is 9.25. The molecular weight excluding hydrogens is 276 g/mol. The summed E-state index contributed by atoms with van der Waals surface area (Å²) in [5.41, 5.74) is 0. The van der Waals surface area contributed by atoms with Crippen LogP contribution in [-0.2, 0) is 9.84 Å². The van der Waals surface area contributed by atoms with E-state index < -0.39 is 9.84 Å². The molecule has 0 aromatic heterocycles. The Bertz CT molecular complexity index is 688. The third kappa shape index (κ3) is 2.93. The van der Waals surface area contributed by atoms with E-state index in [-0.39, 0.29) is 21.6 Å². The van der Waals surface area contributed by atoms with Crippen LogP contribution in [0.3, 0.4) is 0 Å². The van der Waals surface area contributed by atoms with Crippen molar-refractivity contribution in [2.45, 2.75) is 29.7 Å². The summed E-state index contributed by atoms with van der Waals surface area (Å²) >= 11 is 0. The van der Waals surface area contributed by atoms with Crippen LogP contribution in [0.5, 0.6) is 11.5 Å². The van der Waals surface area contributed by atoms with E-state index in [2.05, 4.69) is 0 Å². The Morgan fingerprint density at radius 3 is 2.20 bits per heavy atom. The van der Waals surface area contributed by atoms with Crippen LogP contribution in [0.1, 0.15) is 13.8 Å². The molecule has 0 heterocycles. The van der Waals surface area contributed by atoms with Crippen molar-refractivity contribution in [2.24, 2.45) is 0 Å². The molecule has 0 atom stereocenters. The van der Waals surface area contributed by atoms with Gasteiger partial charge in [-0.15, -0.1) is 0 Å². The number of ether oxygens (including phenoxy) is 1. The maximum Gasteiger partial charge on any atom is 0.210 e. The van der Waals surface area contributed by atoms with E-state index in [4.69, 9.17) is 4.74 Å². The molecule has 0 saturated carbocycles. The highest BCUT2D eigenvalue weighted by molar-refractivity contribution is 7.91. The van der Waals surface area contributed by atoms with Crippen LogP contribution in [0.25, 0.3) is 0 Å². The Morgan fingerprint density at radius 2 is 1.60 bits per heavy atom. The van der Waals surface area contributed by atoms with Crippen LogP contribution >= 0.6 is 0 Å². The zero-order valence-electron chi connectivity index (χ0n) is 11.3.